The van der Waals surface area contributed by atoms with Crippen LogP contribution < -0.4 is 5.32 Å². The van der Waals surface area contributed by atoms with E-state index >= 15 is 0 Å². The third-order valence-electron chi connectivity index (χ3n) is 2.72. The Balaban J connectivity index is 1.97. The average molecular weight is 305 g/mol. The topological polar surface area (TPSA) is 72.5 Å². The quantitative estimate of drug-likeness (QED) is 0.942. The Bertz CT molecular complexity index is 726. The number of hydrogen-bond donors (Lipinski definition) is 1. The maximum atomic E-state index is 11.7. The maximum Gasteiger partial charge on any atom is 0.411 e. The summed E-state index contributed by atoms with van der Waals surface area (Å²) in [4.78, 5) is 11.8. The first-order valence-electron chi connectivity index (χ1n) is 6.23. The molecule has 5 nitrogen and oxygen atoms in total. The van der Waals surface area contributed by atoms with Crippen LogP contribution in [0.2, 0.25) is 0 Å². The van der Waals surface area contributed by atoms with E-state index in [1.165, 1.54) is 12.1 Å². The van der Waals surface area contributed by atoms with E-state index in [9.17, 15) is 13.2 Å². The highest BCUT2D eigenvalue weighted by atomic mass is 32.2. The molecule has 0 unspecified atom stereocenters. The Morgan fingerprint density at radius 3 is 2.48 bits per heavy atom. The first-order chi connectivity index (χ1) is 9.95. The molecule has 0 aliphatic rings. The van der Waals surface area contributed by atoms with Gasteiger partial charge in [-0.25, -0.2) is 13.2 Å². The maximum absolute atomic E-state index is 11.7. The SMILES string of the molecule is CS(=O)(=O)c1cccc(NC(=O)OCc2ccccc2)c1. The Labute approximate surface area is 123 Å². The van der Waals surface area contributed by atoms with Crippen LogP contribution in [0, 0.1) is 0 Å². The highest BCUT2D eigenvalue weighted by molar-refractivity contribution is 7.90. The standard InChI is InChI=1S/C15H15NO4S/c1-21(18,19)14-9-5-8-13(10-14)16-15(17)20-11-12-6-3-2-4-7-12/h2-10H,11H2,1H3,(H,16,17). The summed E-state index contributed by atoms with van der Waals surface area (Å²) in [6, 6.07) is 15.3. The van der Waals surface area contributed by atoms with Gasteiger partial charge in [-0.2, -0.15) is 0 Å². The molecule has 110 valence electrons. The summed E-state index contributed by atoms with van der Waals surface area (Å²) in [7, 11) is -3.31. The van der Waals surface area contributed by atoms with Crippen LogP contribution in [0.3, 0.4) is 0 Å². The van der Waals surface area contributed by atoms with Gasteiger partial charge in [0, 0.05) is 11.9 Å². The largest absolute Gasteiger partial charge is 0.444 e. The van der Waals surface area contributed by atoms with Crippen LogP contribution in [0.25, 0.3) is 0 Å². The van der Waals surface area contributed by atoms with Crippen molar-refractivity contribution in [1.82, 2.24) is 0 Å². The van der Waals surface area contributed by atoms with Crippen LogP contribution in [0.1, 0.15) is 5.56 Å². The van der Waals surface area contributed by atoms with Gasteiger partial charge in [0.05, 0.1) is 4.90 Å². The number of carbonyl (C=O) groups is 1. The highest BCUT2D eigenvalue weighted by Gasteiger charge is 2.09. The molecule has 2 rings (SSSR count). The molecule has 0 radical (unpaired) electrons. The van der Waals surface area contributed by atoms with Gasteiger partial charge < -0.3 is 4.74 Å². The van der Waals surface area contributed by atoms with Gasteiger partial charge in [0.1, 0.15) is 6.61 Å². The molecule has 0 spiro atoms. The van der Waals surface area contributed by atoms with Crippen LogP contribution in [0.4, 0.5) is 10.5 Å². The molecule has 6 heteroatoms. The van der Waals surface area contributed by atoms with Crippen LogP contribution in [-0.2, 0) is 21.2 Å². The van der Waals surface area contributed by atoms with Crippen LogP contribution in [-0.4, -0.2) is 20.8 Å². The number of rotatable bonds is 4. The zero-order valence-electron chi connectivity index (χ0n) is 11.4. The lowest BCUT2D eigenvalue weighted by atomic mass is 10.2. The van der Waals surface area contributed by atoms with Crippen molar-refractivity contribution in [2.75, 3.05) is 11.6 Å². The van der Waals surface area contributed by atoms with E-state index in [4.69, 9.17) is 4.74 Å². The fourth-order valence-corrected chi connectivity index (χ4v) is 2.35. The molecule has 0 bridgehead atoms. The van der Waals surface area contributed by atoms with Crippen molar-refractivity contribution < 1.29 is 17.9 Å². The summed E-state index contributed by atoms with van der Waals surface area (Å²) in [6.45, 7) is 0.151. The molecular formula is C15H15NO4S. The van der Waals surface area contributed by atoms with Crippen molar-refractivity contribution in [1.29, 1.82) is 0 Å². The molecule has 0 saturated carbocycles. The first kappa shape index (κ1) is 15.1. The summed E-state index contributed by atoms with van der Waals surface area (Å²) in [5.41, 5.74) is 1.24. The third-order valence-corrected chi connectivity index (χ3v) is 3.83. The number of benzene rings is 2. The molecular weight excluding hydrogens is 290 g/mol. The van der Waals surface area contributed by atoms with E-state index in [1.54, 1.807) is 12.1 Å². The van der Waals surface area contributed by atoms with E-state index in [2.05, 4.69) is 5.32 Å². The molecule has 1 amide bonds. The Morgan fingerprint density at radius 2 is 1.81 bits per heavy atom. The van der Waals surface area contributed by atoms with Crippen molar-refractivity contribution in [2.24, 2.45) is 0 Å². The fraction of sp³-hybridized carbons (Fsp3) is 0.133. The lowest BCUT2D eigenvalue weighted by Crippen LogP contribution is -2.13. The third kappa shape index (κ3) is 4.61. The number of sulfone groups is 1. The molecule has 0 heterocycles. The zero-order valence-corrected chi connectivity index (χ0v) is 12.3. The molecule has 2 aromatic rings. The van der Waals surface area contributed by atoms with Gasteiger partial charge in [-0.05, 0) is 23.8 Å². The Kier molecular flexibility index (Phi) is 4.59. The van der Waals surface area contributed by atoms with E-state index in [1.807, 2.05) is 30.3 Å². The fourth-order valence-electron chi connectivity index (χ4n) is 1.68. The van der Waals surface area contributed by atoms with E-state index < -0.39 is 15.9 Å². The molecule has 0 aromatic heterocycles. The summed E-state index contributed by atoms with van der Waals surface area (Å²) < 4.78 is 27.9. The molecule has 21 heavy (non-hydrogen) atoms. The monoisotopic (exact) mass is 305 g/mol. The zero-order chi connectivity index (χ0) is 15.3. The molecule has 0 saturated heterocycles. The van der Waals surface area contributed by atoms with Crippen molar-refractivity contribution in [2.45, 2.75) is 11.5 Å². The Hall–Kier alpha value is -2.34. The van der Waals surface area contributed by atoms with E-state index in [0.29, 0.717) is 5.69 Å². The summed E-state index contributed by atoms with van der Waals surface area (Å²) in [6.07, 6.45) is 0.476. The van der Waals surface area contributed by atoms with Crippen molar-refractivity contribution in [3.8, 4) is 0 Å². The minimum Gasteiger partial charge on any atom is -0.444 e. The summed E-state index contributed by atoms with van der Waals surface area (Å²) >= 11 is 0. The van der Waals surface area contributed by atoms with E-state index in [-0.39, 0.29) is 11.5 Å². The van der Waals surface area contributed by atoms with Gasteiger partial charge in [-0.3, -0.25) is 5.32 Å². The number of anilines is 1. The van der Waals surface area contributed by atoms with Crippen LogP contribution in [0.5, 0.6) is 0 Å². The molecule has 0 fully saturated rings. The molecule has 1 N–H and O–H groups in total. The second-order valence-electron chi connectivity index (χ2n) is 4.49. The second-order valence-corrected chi connectivity index (χ2v) is 6.50. The number of nitrogens with one attached hydrogen (secondary N) is 1. The number of ether oxygens (including phenoxy) is 1. The van der Waals surface area contributed by atoms with Crippen molar-refractivity contribution in [3.05, 3.63) is 60.2 Å². The van der Waals surface area contributed by atoms with Gasteiger partial charge in [0.25, 0.3) is 0 Å². The van der Waals surface area contributed by atoms with Gasteiger partial charge >= 0.3 is 6.09 Å². The molecule has 0 aliphatic carbocycles. The minimum atomic E-state index is -3.31. The van der Waals surface area contributed by atoms with Gasteiger partial charge in [-0.15, -0.1) is 0 Å². The number of carbonyl (C=O) groups excluding carboxylic acids is 1. The highest BCUT2D eigenvalue weighted by Crippen LogP contribution is 2.15. The molecule has 2 aromatic carbocycles. The predicted molar refractivity (Wildman–Crippen MR) is 79.8 cm³/mol. The van der Waals surface area contributed by atoms with Crippen LogP contribution >= 0.6 is 0 Å². The smallest absolute Gasteiger partial charge is 0.411 e. The lowest BCUT2D eigenvalue weighted by Gasteiger charge is -2.08. The minimum absolute atomic E-state index is 0.142. The lowest BCUT2D eigenvalue weighted by molar-refractivity contribution is 0.155. The summed E-state index contributed by atoms with van der Waals surface area (Å²) in [5, 5.41) is 2.50. The second kappa shape index (κ2) is 6.41. The molecule has 0 aliphatic heterocycles. The van der Waals surface area contributed by atoms with Crippen LogP contribution in [0.15, 0.2) is 59.5 Å². The van der Waals surface area contributed by atoms with Gasteiger partial charge in [0.15, 0.2) is 9.84 Å². The predicted octanol–water partition coefficient (Wildman–Crippen LogP) is 2.84. The number of amides is 1. The summed E-state index contributed by atoms with van der Waals surface area (Å²) in [5.74, 6) is 0. The van der Waals surface area contributed by atoms with Gasteiger partial charge in [0.2, 0.25) is 0 Å². The van der Waals surface area contributed by atoms with Crippen molar-refractivity contribution >= 4 is 21.6 Å². The first-order valence-corrected chi connectivity index (χ1v) is 8.12. The van der Waals surface area contributed by atoms with Gasteiger partial charge in [-0.1, -0.05) is 36.4 Å². The molecule has 0 atom stereocenters. The normalized spacial score (nSPS) is 10.9. The Morgan fingerprint density at radius 1 is 1.10 bits per heavy atom. The average Bonchev–Trinajstić information content (AvgIpc) is 2.46. The van der Waals surface area contributed by atoms with E-state index in [0.717, 1.165) is 11.8 Å². The number of hydrogen-bond acceptors (Lipinski definition) is 4. The van der Waals surface area contributed by atoms with Crippen molar-refractivity contribution in [3.63, 3.8) is 0 Å².